The number of rotatable bonds is 9. The maximum atomic E-state index is 10.5. The van der Waals surface area contributed by atoms with Gasteiger partial charge in [0, 0.05) is 13.0 Å². The minimum Gasteiger partial charge on any atom is -0.481 e. The number of aryl methyl sites for hydroxylation is 1. The number of halogens is 1. The van der Waals surface area contributed by atoms with Crippen LogP contribution in [-0.4, -0.2) is 17.6 Å². The smallest absolute Gasteiger partial charge is 0.303 e. The second kappa shape index (κ2) is 10.8. The molecule has 0 radical (unpaired) electrons. The summed E-state index contributed by atoms with van der Waals surface area (Å²) in [5.74, 6) is -0.739. The predicted molar refractivity (Wildman–Crippen MR) is 80.9 cm³/mol. The van der Waals surface area contributed by atoms with Crippen LogP contribution in [0.4, 0.5) is 0 Å². The van der Waals surface area contributed by atoms with Crippen LogP contribution in [0, 0.1) is 0 Å². The van der Waals surface area contributed by atoms with Gasteiger partial charge in [0.1, 0.15) is 0 Å². The van der Waals surface area contributed by atoms with Gasteiger partial charge >= 0.3 is 5.97 Å². The molecule has 3 nitrogen and oxygen atoms in total. The van der Waals surface area contributed by atoms with Crippen molar-refractivity contribution < 1.29 is 9.90 Å². The van der Waals surface area contributed by atoms with Gasteiger partial charge in [0.05, 0.1) is 0 Å². The number of aliphatic carboxylic acids is 1. The second-order valence-corrected chi connectivity index (χ2v) is 4.59. The Morgan fingerprint density at radius 2 is 1.79 bits per heavy atom. The Morgan fingerprint density at radius 3 is 2.37 bits per heavy atom. The zero-order chi connectivity index (χ0) is 13.2. The molecule has 0 atom stereocenters. The molecule has 19 heavy (non-hydrogen) atoms. The maximum Gasteiger partial charge on any atom is 0.303 e. The van der Waals surface area contributed by atoms with Gasteiger partial charge in [-0.3, -0.25) is 4.79 Å². The van der Waals surface area contributed by atoms with Crippen LogP contribution >= 0.6 is 12.4 Å². The highest BCUT2D eigenvalue weighted by Crippen LogP contribution is 2.07. The molecule has 0 aliphatic carbocycles. The minimum atomic E-state index is -0.739. The standard InChI is InChI=1S/C15H23NO2.ClH/c1-2-3-4-11-16-12-14-7-5-13(6-8-14)9-10-15(17)18;/h5-8,16H,2-4,9-12H2,1H3,(H,17,18);1H. The van der Waals surface area contributed by atoms with E-state index >= 15 is 0 Å². The molecular formula is C15H24ClNO2. The van der Waals surface area contributed by atoms with Crippen molar-refractivity contribution in [3.63, 3.8) is 0 Å². The molecule has 4 heteroatoms. The first-order valence-electron chi connectivity index (χ1n) is 6.72. The van der Waals surface area contributed by atoms with Gasteiger partial charge in [-0.15, -0.1) is 12.4 Å². The van der Waals surface area contributed by atoms with E-state index in [0.29, 0.717) is 6.42 Å². The molecule has 1 rings (SSSR count). The lowest BCUT2D eigenvalue weighted by Gasteiger charge is -2.05. The summed E-state index contributed by atoms with van der Waals surface area (Å²) in [5, 5.41) is 12.0. The van der Waals surface area contributed by atoms with Crippen molar-refractivity contribution in [2.75, 3.05) is 6.54 Å². The number of hydrogen-bond acceptors (Lipinski definition) is 2. The van der Waals surface area contributed by atoms with Crippen LogP contribution in [0.5, 0.6) is 0 Å². The van der Waals surface area contributed by atoms with E-state index in [2.05, 4.69) is 24.4 Å². The first kappa shape index (κ1) is 17.9. The second-order valence-electron chi connectivity index (χ2n) is 4.59. The van der Waals surface area contributed by atoms with Crippen LogP contribution in [0.1, 0.15) is 43.7 Å². The summed E-state index contributed by atoms with van der Waals surface area (Å²) in [6.45, 7) is 4.16. The van der Waals surface area contributed by atoms with Gasteiger partial charge in [0.15, 0.2) is 0 Å². The Balaban J connectivity index is 0.00000324. The zero-order valence-corrected chi connectivity index (χ0v) is 12.3. The number of nitrogens with one attached hydrogen (secondary N) is 1. The summed E-state index contributed by atoms with van der Waals surface area (Å²) in [7, 11) is 0. The molecule has 0 spiro atoms. The van der Waals surface area contributed by atoms with E-state index in [9.17, 15) is 4.79 Å². The molecule has 2 N–H and O–H groups in total. The van der Waals surface area contributed by atoms with Crippen LogP contribution < -0.4 is 5.32 Å². The largest absolute Gasteiger partial charge is 0.481 e. The highest BCUT2D eigenvalue weighted by atomic mass is 35.5. The Kier molecular flexibility index (Phi) is 10.2. The lowest BCUT2D eigenvalue weighted by Crippen LogP contribution is -2.14. The number of carbonyl (C=O) groups is 1. The first-order valence-corrected chi connectivity index (χ1v) is 6.72. The molecule has 0 saturated carbocycles. The molecule has 0 aliphatic rings. The first-order chi connectivity index (χ1) is 8.72. The molecule has 0 aromatic heterocycles. The minimum absolute atomic E-state index is 0. The topological polar surface area (TPSA) is 49.3 Å². The maximum absolute atomic E-state index is 10.5. The van der Waals surface area contributed by atoms with Crippen LogP contribution in [-0.2, 0) is 17.8 Å². The van der Waals surface area contributed by atoms with Gasteiger partial charge in [0.25, 0.3) is 0 Å². The molecule has 108 valence electrons. The quantitative estimate of drug-likeness (QED) is 0.684. The van der Waals surface area contributed by atoms with Gasteiger partial charge in [-0.1, -0.05) is 44.0 Å². The van der Waals surface area contributed by atoms with E-state index < -0.39 is 5.97 Å². The van der Waals surface area contributed by atoms with E-state index in [4.69, 9.17) is 5.11 Å². The molecule has 0 unspecified atom stereocenters. The average molecular weight is 286 g/mol. The van der Waals surface area contributed by atoms with E-state index in [1.807, 2.05) is 12.1 Å². The van der Waals surface area contributed by atoms with Crippen molar-refractivity contribution in [1.82, 2.24) is 5.32 Å². The molecule has 1 aromatic rings. The summed E-state index contributed by atoms with van der Waals surface area (Å²) >= 11 is 0. The Morgan fingerprint density at radius 1 is 1.16 bits per heavy atom. The molecule has 0 fully saturated rings. The molecule has 1 aromatic carbocycles. The third-order valence-electron chi connectivity index (χ3n) is 2.94. The van der Waals surface area contributed by atoms with Gasteiger partial charge in [0.2, 0.25) is 0 Å². The van der Waals surface area contributed by atoms with E-state index in [0.717, 1.165) is 18.7 Å². The highest BCUT2D eigenvalue weighted by molar-refractivity contribution is 5.85. The van der Waals surface area contributed by atoms with E-state index in [1.54, 1.807) is 0 Å². The fourth-order valence-electron chi connectivity index (χ4n) is 1.81. The Hall–Kier alpha value is -1.06. The van der Waals surface area contributed by atoms with Crippen molar-refractivity contribution in [1.29, 1.82) is 0 Å². The number of hydrogen-bond donors (Lipinski definition) is 2. The third kappa shape index (κ3) is 8.62. The van der Waals surface area contributed by atoms with E-state index in [1.165, 1.54) is 24.8 Å². The summed E-state index contributed by atoms with van der Waals surface area (Å²) in [6.07, 6.45) is 4.57. The van der Waals surface area contributed by atoms with E-state index in [-0.39, 0.29) is 18.8 Å². The fraction of sp³-hybridized carbons (Fsp3) is 0.533. The lowest BCUT2D eigenvalue weighted by molar-refractivity contribution is -0.136. The fourth-order valence-corrected chi connectivity index (χ4v) is 1.81. The third-order valence-corrected chi connectivity index (χ3v) is 2.94. The van der Waals surface area contributed by atoms with Crippen molar-refractivity contribution in [2.24, 2.45) is 0 Å². The normalized spacial score (nSPS) is 9.95. The van der Waals surface area contributed by atoms with Crippen LogP contribution in [0.15, 0.2) is 24.3 Å². The van der Waals surface area contributed by atoms with Crippen molar-refractivity contribution in [2.45, 2.75) is 45.6 Å². The molecule has 0 saturated heterocycles. The number of carboxylic acid groups (broad SMARTS) is 1. The Bertz CT molecular complexity index is 352. The van der Waals surface area contributed by atoms with Crippen molar-refractivity contribution in [3.8, 4) is 0 Å². The van der Waals surface area contributed by atoms with Crippen LogP contribution in [0.2, 0.25) is 0 Å². The zero-order valence-electron chi connectivity index (χ0n) is 11.5. The highest BCUT2D eigenvalue weighted by Gasteiger charge is 1.99. The predicted octanol–water partition coefficient (Wildman–Crippen LogP) is 3.41. The summed E-state index contributed by atoms with van der Waals surface area (Å²) in [6, 6.07) is 8.19. The number of unbranched alkanes of at least 4 members (excludes halogenated alkanes) is 2. The molecule has 0 amide bonds. The van der Waals surface area contributed by atoms with Crippen LogP contribution in [0.25, 0.3) is 0 Å². The number of benzene rings is 1. The monoisotopic (exact) mass is 285 g/mol. The number of carboxylic acids is 1. The summed E-state index contributed by atoms with van der Waals surface area (Å²) in [5.41, 5.74) is 2.35. The van der Waals surface area contributed by atoms with Crippen molar-refractivity contribution >= 4 is 18.4 Å². The van der Waals surface area contributed by atoms with Crippen LogP contribution in [0.3, 0.4) is 0 Å². The summed E-state index contributed by atoms with van der Waals surface area (Å²) < 4.78 is 0. The average Bonchev–Trinajstić information content (AvgIpc) is 2.37. The van der Waals surface area contributed by atoms with Gasteiger partial charge in [-0.05, 0) is 30.5 Å². The van der Waals surface area contributed by atoms with Crippen molar-refractivity contribution in [3.05, 3.63) is 35.4 Å². The Labute approximate surface area is 121 Å². The molecule has 0 aliphatic heterocycles. The molecule has 0 bridgehead atoms. The lowest BCUT2D eigenvalue weighted by atomic mass is 10.1. The van der Waals surface area contributed by atoms with Gasteiger partial charge < -0.3 is 10.4 Å². The van der Waals surface area contributed by atoms with Gasteiger partial charge in [-0.2, -0.15) is 0 Å². The SMILES string of the molecule is CCCCCNCc1ccc(CCC(=O)O)cc1.Cl. The van der Waals surface area contributed by atoms with Gasteiger partial charge in [-0.25, -0.2) is 0 Å². The molecule has 0 heterocycles. The summed E-state index contributed by atoms with van der Waals surface area (Å²) in [4.78, 5) is 10.5. The molecular weight excluding hydrogens is 262 g/mol.